The zero-order valence-corrected chi connectivity index (χ0v) is 15.0. The number of nitrogens with one attached hydrogen (secondary N) is 3. The maximum Gasteiger partial charge on any atom is 0.252 e. The van der Waals surface area contributed by atoms with E-state index in [1.54, 1.807) is 35.1 Å². The first kappa shape index (κ1) is 18.1. The number of nitrogens with zero attached hydrogens (tertiary/aromatic N) is 2. The quantitative estimate of drug-likeness (QED) is 0.736. The van der Waals surface area contributed by atoms with Gasteiger partial charge in [-0.2, -0.15) is 5.10 Å². The molecule has 0 spiro atoms. The molecule has 1 fully saturated rings. The standard InChI is InChI=1S/C19H25N5O2/c1-2-9-21-17(25)15-5-3-6-16(14-15)23-18(26)19(7-11-20-12-8-19)24-13-4-10-22-24/h3-6,10,13-14,20H,2,7-9,11-12H2,1H3,(H,21,25)(H,23,26). The summed E-state index contributed by atoms with van der Waals surface area (Å²) in [5, 5.41) is 13.4. The molecular formula is C19H25N5O2. The van der Waals surface area contributed by atoms with Crippen LogP contribution in [0.25, 0.3) is 0 Å². The van der Waals surface area contributed by atoms with E-state index in [9.17, 15) is 9.59 Å². The summed E-state index contributed by atoms with van der Waals surface area (Å²) in [6.07, 6.45) is 5.73. The molecule has 138 valence electrons. The van der Waals surface area contributed by atoms with Crippen LogP contribution < -0.4 is 16.0 Å². The topological polar surface area (TPSA) is 88.1 Å². The highest BCUT2D eigenvalue weighted by Gasteiger charge is 2.42. The van der Waals surface area contributed by atoms with Crippen molar-refractivity contribution in [1.29, 1.82) is 0 Å². The Bertz CT molecular complexity index is 751. The zero-order valence-electron chi connectivity index (χ0n) is 15.0. The molecule has 2 aromatic rings. The van der Waals surface area contributed by atoms with E-state index in [1.807, 2.05) is 19.2 Å². The lowest BCUT2D eigenvalue weighted by Gasteiger charge is -2.36. The van der Waals surface area contributed by atoms with Gasteiger partial charge in [0.25, 0.3) is 11.8 Å². The monoisotopic (exact) mass is 355 g/mol. The van der Waals surface area contributed by atoms with Gasteiger partial charge in [-0.05, 0) is 56.6 Å². The van der Waals surface area contributed by atoms with Gasteiger partial charge in [-0.15, -0.1) is 0 Å². The molecule has 3 rings (SSSR count). The van der Waals surface area contributed by atoms with Gasteiger partial charge >= 0.3 is 0 Å². The van der Waals surface area contributed by atoms with Gasteiger partial charge in [0.1, 0.15) is 5.54 Å². The third kappa shape index (κ3) is 3.77. The Morgan fingerprint density at radius 3 is 2.77 bits per heavy atom. The van der Waals surface area contributed by atoms with Gasteiger partial charge in [0.2, 0.25) is 0 Å². The summed E-state index contributed by atoms with van der Waals surface area (Å²) < 4.78 is 1.75. The molecule has 1 aliphatic heterocycles. The maximum atomic E-state index is 13.1. The molecule has 1 saturated heterocycles. The molecule has 2 amide bonds. The lowest BCUT2D eigenvalue weighted by molar-refractivity contribution is -0.126. The minimum Gasteiger partial charge on any atom is -0.352 e. The molecule has 7 nitrogen and oxygen atoms in total. The highest BCUT2D eigenvalue weighted by molar-refractivity contribution is 5.99. The van der Waals surface area contributed by atoms with E-state index in [2.05, 4.69) is 21.0 Å². The van der Waals surface area contributed by atoms with Crippen molar-refractivity contribution >= 4 is 17.5 Å². The van der Waals surface area contributed by atoms with Crippen LogP contribution >= 0.6 is 0 Å². The van der Waals surface area contributed by atoms with Crippen molar-refractivity contribution in [1.82, 2.24) is 20.4 Å². The number of aromatic nitrogens is 2. The second kappa shape index (κ2) is 8.14. The first-order chi connectivity index (χ1) is 12.7. The van der Waals surface area contributed by atoms with Crippen LogP contribution in [0.3, 0.4) is 0 Å². The predicted molar refractivity (Wildman–Crippen MR) is 100 cm³/mol. The molecular weight excluding hydrogens is 330 g/mol. The van der Waals surface area contributed by atoms with Crippen LogP contribution in [-0.2, 0) is 10.3 Å². The van der Waals surface area contributed by atoms with E-state index in [4.69, 9.17) is 0 Å². The Labute approximate surface area is 153 Å². The molecule has 26 heavy (non-hydrogen) atoms. The average molecular weight is 355 g/mol. The summed E-state index contributed by atoms with van der Waals surface area (Å²) in [5.74, 6) is -0.236. The Hall–Kier alpha value is -2.67. The summed E-state index contributed by atoms with van der Waals surface area (Å²) in [6, 6.07) is 8.86. The van der Waals surface area contributed by atoms with Gasteiger partial charge in [-0.3, -0.25) is 14.3 Å². The van der Waals surface area contributed by atoms with Crippen LogP contribution in [0.1, 0.15) is 36.5 Å². The Morgan fingerprint density at radius 1 is 1.27 bits per heavy atom. The van der Waals surface area contributed by atoms with E-state index in [0.717, 1.165) is 19.5 Å². The van der Waals surface area contributed by atoms with Crippen LogP contribution in [0.15, 0.2) is 42.7 Å². The largest absolute Gasteiger partial charge is 0.352 e. The van der Waals surface area contributed by atoms with Crippen LogP contribution in [0.2, 0.25) is 0 Å². The smallest absolute Gasteiger partial charge is 0.252 e. The fourth-order valence-electron chi connectivity index (χ4n) is 3.25. The number of benzene rings is 1. The number of anilines is 1. The SMILES string of the molecule is CCCNC(=O)c1cccc(NC(=O)C2(n3cccn3)CCNCC2)c1. The van der Waals surface area contributed by atoms with Crippen molar-refractivity contribution in [3.05, 3.63) is 48.3 Å². The van der Waals surface area contributed by atoms with Crippen LogP contribution in [0, 0.1) is 0 Å². The van der Waals surface area contributed by atoms with Crippen molar-refractivity contribution in [2.24, 2.45) is 0 Å². The van der Waals surface area contributed by atoms with Crippen LogP contribution in [0.5, 0.6) is 0 Å². The first-order valence-electron chi connectivity index (χ1n) is 9.06. The highest BCUT2D eigenvalue weighted by atomic mass is 16.2. The summed E-state index contributed by atoms with van der Waals surface area (Å²) in [5.41, 5.74) is 0.439. The van der Waals surface area contributed by atoms with Gasteiger partial charge in [0.05, 0.1) is 0 Å². The second-order valence-corrected chi connectivity index (χ2v) is 6.52. The molecule has 1 aliphatic rings. The minimum absolute atomic E-state index is 0.103. The van der Waals surface area contributed by atoms with E-state index in [-0.39, 0.29) is 11.8 Å². The fraction of sp³-hybridized carbons (Fsp3) is 0.421. The van der Waals surface area contributed by atoms with Crippen molar-refractivity contribution in [3.8, 4) is 0 Å². The molecule has 7 heteroatoms. The van der Waals surface area contributed by atoms with E-state index < -0.39 is 5.54 Å². The van der Waals surface area contributed by atoms with Crippen LogP contribution in [0.4, 0.5) is 5.69 Å². The van der Waals surface area contributed by atoms with Gasteiger partial charge in [-0.25, -0.2) is 0 Å². The Kier molecular flexibility index (Phi) is 5.68. The van der Waals surface area contributed by atoms with Crippen molar-refractivity contribution in [3.63, 3.8) is 0 Å². The van der Waals surface area contributed by atoms with Crippen molar-refractivity contribution in [2.75, 3.05) is 25.0 Å². The van der Waals surface area contributed by atoms with Gasteiger partial charge < -0.3 is 16.0 Å². The Morgan fingerprint density at radius 2 is 2.08 bits per heavy atom. The number of carbonyl (C=O) groups excluding carboxylic acids is 2. The highest BCUT2D eigenvalue weighted by Crippen LogP contribution is 2.28. The number of piperidine rings is 1. The lowest BCUT2D eigenvalue weighted by atomic mass is 9.87. The molecule has 0 aliphatic carbocycles. The zero-order chi connectivity index (χ0) is 18.4. The average Bonchev–Trinajstić information content (AvgIpc) is 3.22. The summed E-state index contributed by atoms with van der Waals surface area (Å²) >= 11 is 0. The molecule has 3 N–H and O–H groups in total. The molecule has 1 aromatic heterocycles. The molecule has 2 heterocycles. The lowest BCUT2D eigenvalue weighted by Crippen LogP contribution is -2.52. The van der Waals surface area contributed by atoms with Gasteiger partial charge in [-0.1, -0.05) is 13.0 Å². The molecule has 0 saturated carbocycles. The number of amides is 2. The molecule has 0 radical (unpaired) electrons. The number of rotatable bonds is 6. The number of carbonyl (C=O) groups is 2. The molecule has 0 unspecified atom stereocenters. The summed E-state index contributed by atoms with van der Waals surface area (Å²) in [7, 11) is 0. The predicted octanol–water partition coefficient (Wildman–Crippen LogP) is 1.74. The van der Waals surface area contributed by atoms with Gasteiger partial charge in [0, 0.05) is 30.2 Å². The van der Waals surface area contributed by atoms with Crippen LogP contribution in [-0.4, -0.2) is 41.2 Å². The van der Waals surface area contributed by atoms with E-state index in [0.29, 0.717) is 30.6 Å². The Balaban J connectivity index is 1.79. The number of hydrogen-bond acceptors (Lipinski definition) is 4. The van der Waals surface area contributed by atoms with E-state index in [1.165, 1.54) is 0 Å². The minimum atomic E-state index is -0.713. The van der Waals surface area contributed by atoms with Crippen molar-refractivity contribution < 1.29 is 9.59 Å². The van der Waals surface area contributed by atoms with Crippen molar-refractivity contribution in [2.45, 2.75) is 31.7 Å². The third-order valence-corrected chi connectivity index (χ3v) is 4.71. The summed E-state index contributed by atoms with van der Waals surface area (Å²) in [4.78, 5) is 25.3. The first-order valence-corrected chi connectivity index (χ1v) is 9.06. The molecule has 0 atom stereocenters. The summed E-state index contributed by atoms with van der Waals surface area (Å²) in [6.45, 7) is 4.15. The maximum absolute atomic E-state index is 13.1. The molecule has 1 aromatic carbocycles. The molecule has 0 bridgehead atoms. The number of hydrogen-bond donors (Lipinski definition) is 3. The second-order valence-electron chi connectivity index (χ2n) is 6.52. The van der Waals surface area contributed by atoms with E-state index >= 15 is 0 Å². The fourth-order valence-corrected chi connectivity index (χ4v) is 3.25. The normalized spacial score (nSPS) is 16.0. The third-order valence-electron chi connectivity index (χ3n) is 4.71. The van der Waals surface area contributed by atoms with Gasteiger partial charge in [0.15, 0.2) is 0 Å².